The molecule has 2 aromatic rings. The van der Waals surface area contributed by atoms with E-state index in [-0.39, 0.29) is 0 Å². The standard InChI is InChI=1S/C10H10S3/c1-6-9-7(3-4-13-9)5-8(11)10(6)12-2/h3-5,11H,1-2H3. The fourth-order valence-corrected chi connectivity index (χ4v) is 3.72. The first-order chi connectivity index (χ1) is 6.24. The van der Waals surface area contributed by atoms with Gasteiger partial charge in [-0.15, -0.1) is 35.7 Å². The predicted molar refractivity (Wildman–Crippen MR) is 65.6 cm³/mol. The van der Waals surface area contributed by atoms with Crippen LogP contribution in [0.2, 0.25) is 0 Å². The molecule has 68 valence electrons. The Kier molecular flexibility index (Phi) is 2.58. The van der Waals surface area contributed by atoms with Gasteiger partial charge < -0.3 is 0 Å². The second-order valence-corrected chi connectivity index (χ2v) is 5.11. The Hall–Kier alpha value is -0.120. The van der Waals surface area contributed by atoms with Crippen molar-refractivity contribution in [3.63, 3.8) is 0 Å². The quantitative estimate of drug-likeness (QED) is 0.561. The Morgan fingerprint density at radius 3 is 2.92 bits per heavy atom. The fraction of sp³-hybridized carbons (Fsp3) is 0.200. The molecule has 13 heavy (non-hydrogen) atoms. The molecular weight excluding hydrogens is 216 g/mol. The summed E-state index contributed by atoms with van der Waals surface area (Å²) in [4.78, 5) is 2.40. The number of thioether (sulfide) groups is 1. The predicted octanol–water partition coefficient (Wildman–Crippen LogP) is 4.22. The van der Waals surface area contributed by atoms with Gasteiger partial charge >= 0.3 is 0 Å². The summed E-state index contributed by atoms with van der Waals surface area (Å²) in [6.07, 6.45) is 2.10. The lowest BCUT2D eigenvalue weighted by atomic mass is 10.2. The van der Waals surface area contributed by atoms with Crippen molar-refractivity contribution in [1.82, 2.24) is 0 Å². The first-order valence-corrected chi connectivity index (χ1v) is 6.53. The molecule has 1 heterocycles. The van der Waals surface area contributed by atoms with Crippen molar-refractivity contribution in [3.05, 3.63) is 23.1 Å². The minimum absolute atomic E-state index is 1.09. The summed E-state index contributed by atoms with van der Waals surface area (Å²) in [6.45, 7) is 2.17. The van der Waals surface area contributed by atoms with Gasteiger partial charge in [0.05, 0.1) is 0 Å². The first kappa shape index (κ1) is 9.44. The molecule has 0 spiro atoms. The van der Waals surface area contributed by atoms with Crippen LogP contribution in [-0.2, 0) is 0 Å². The Labute approximate surface area is 91.8 Å². The van der Waals surface area contributed by atoms with Gasteiger partial charge in [0.2, 0.25) is 0 Å². The van der Waals surface area contributed by atoms with Crippen LogP contribution >= 0.6 is 35.7 Å². The summed E-state index contributed by atoms with van der Waals surface area (Å²) < 4.78 is 1.39. The van der Waals surface area contributed by atoms with Crippen LogP contribution in [0.25, 0.3) is 10.1 Å². The van der Waals surface area contributed by atoms with Gasteiger partial charge in [-0.25, -0.2) is 0 Å². The molecule has 0 N–H and O–H groups in total. The third kappa shape index (κ3) is 1.49. The number of rotatable bonds is 1. The lowest BCUT2D eigenvalue weighted by Crippen LogP contribution is -1.81. The van der Waals surface area contributed by atoms with E-state index in [1.165, 1.54) is 20.5 Å². The number of aryl methyl sites for hydroxylation is 1. The van der Waals surface area contributed by atoms with Crippen molar-refractivity contribution >= 4 is 45.8 Å². The van der Waals surface area contributed by atoms with Crippen LogP contribution in [0.4, 0.5) is 0 Å². The summed E-state index contributed by atoms with van der Waals surface area (Å²) in [7, 11) is 0. The van der Waals surface area contributed by atoms with E-state index in [2.05, 4.69) is 43.3 Å². The average molecular weight is 226 g/mol. The van der Waals surface area contributed by atoms with E-state index in [1.54, 1.807) is 23.1 Å². The minimum Gasteiger partial charge on any atom is -0.143 e. The molecule has 0 unspecified atom stereocenters. The summed E-state index contributed by atoms with van der Waals surface area (Å²) in [5, 5.41) is 3.44. The highest BCUT2D eigenvalue weighted by atomic mass is 32.2. The Morgan fingerprint density at radius 1 is 1.46 bits per heavy atom. The highest BCUT2D eigenvalue weighted by molar-refractivity contribution is 7.99. The van der Waals surface area contributed by atoms with E-state index in [0.29, 0.717) is 0 Å². The molecule has 0 radical (unpaired) electrons. The second kappa shape index (κ2) is 3.56. The summed E-state index contributed by atoms with van der Waals surface area (Å²) in [6, 6.07) is 4.30. The fourth-order valence-electron chi connectivity index (χ4n) is 1.50. The second-order valence-electron chi connectivity index (χ2n) is 2.89. The van der Waals surface area contributed by atoms with E-state index in [9.17, 15) is 0 Å². The number of hydrogen-bond donors (Lipinski definition) is 1. The van der Waals surface area contributed by atoms with Gasteiger partial charge in [-0.05, 0) is 41.6 Å². The molecule has 0 bridgehead atoms. The number of benzene rings is 1. The number of hydrogen-bond acceptors (Lipinski definition) is 3. The molecule has 0 fully saturated rings. The smallest absolute Gasteiger partial charge is 0.0383 e. The minimum atomic E-state index is 1.09. The molecular formula is C10H10S3. The van der Waals surface area contributed by atoms with Crippen molar-refractivity contribution in [2.24, 2.45) is 0 Å². The van der Waals surface area contributed by atoms with Crippen molar-refractivity contribution in [2.75, 3.05) is 6.26 Å². The molecule has 1 aromatic carbocycles. The number of fused-ring (bicyclic) bond motifs is 1. The normalized spacial score (nSPS) is 11.0. The van der Waals surface area contributed by atoms with Crippen LogP contribution in [0.3, 0.4) is 0 Å². The zero-order valence-corrected chi connectivity index (χ0v) is 10.0. The van der Waals surface area contributed by atoms with Crippen molar-refractivity contribution < 1.29 is 0 Å². The largest absolute Gasteiger partial charge is 0.143 e. The highest BCUT2D eigenvalue weighted by Gasteiger charge is 2.07. The van der Waals surface area contributed by atoms with Gasteiger partial charge in [-0.1, -0.05) is 0 Å². The van der Waals surface area contributed by atoms with E-state index < -0.39 is 0 Å². The molecule has 0 aliphatic carbocycles. The van der Waals surface area contributed by atoms with Gasteiger partial charge in [-0.2, -0.15) is 0 Å². The molecule has 0 aliphatic heterocycles. The van der Waals surface area contributed by atoms with Crippen LogP contribution in [0, 0.1) is 6.92 Å². The van der Waals surface area contributed by atoms with Gasteiger partial charge in [0.15, 0.2) is 0 Å². The average Bonchev–Trinajstić information content (AvgIpc) is 2.53. The molecule has 0 saturated heterocycles. The zero-order chi connectivity index (χ0) is 9.42. The summed E-state index contributed by atoms with van der Waals surface area (Å²) >= 11 is 8.06. The van der Waals surface area contributed by atoms with Crippen LogP contribution in [0.1, 0.15) is 5.56 Å². The summed E-state index contributed by atoms with van der Waals surface area (Å²) in [5.41, 5.74) is 1.37. The molecule has 0 saturated carbocycles. The van der Waals surface area contributed by atoms with Crippen molar-refractivity contribution in [2.45, 2.75) is 16.7 Å². The van der Waals surface area contributed by atoms with Crippen LogP contribution in [0.5, 0.6) is 0 Å². The number of thiol groups is 1. The van der Waals surface area contributed by atoms with Gasteiger partial charge in [0.1, 0.15) is 0 Å². The topological polar surface area (TPSA) is 0 Å². The highest BCUT2D eigenvalue weighted by Crippen LogP contribution is 2.35. The first-order valence-electron chi connectivity index (χ1n) is 3.98. The Balaban J connectivity index is 2.85. The van der Waals surface area contributed by atoms with Crippen molar-refractivity contribution in [1.29, 1.82) is 0 Å². The van der Waals surface area contributed by atoms with E-state index in [0.717, 1.165) is 4.90 Å². The zero-order valence-electron chi connectivity index (χ0n) is 7.50. The molecule has 0 amide bonds. The molecule has 0 aliphatic rings. The third-order valence-corrected chi connectivity index (χ3v) is 4.59. The van der Waals surface area contributed by atoms with Crippen LogP contribution in [-0.4, -0.2) is 6.26 Å². The van der Waals surface area contributed by atoms with Crippen molar-refractivity contribution in [3.8, 4) is 0 Å². The van der Waals surface area contributed by atoms with E-state index in [4.69, 9.17) is 0 Å². The van der Waals surface area contributed by atoms with E-state index in [1.807, 2.05) is 0 Å². The van der Waals surface area contributed by atoms with E-state index >= 15 is 0 Å². The van der Waals surface area contributed by atoms with Crippen LogP contribution < -0.4 is 0 Å². The van der Waals surface area contributed by atoms with Gasteiger partial charge in [0.25, 0.3) is 0 Å². The summed E-state index contributed by atoms with van der Waals surface area (Å²) in [5.74, 6) is 0. The number of thiophene rings is 1. The van der Waals surface area contributed by atoms with Crippen LogP contribution in [0.15, 0.2) is 27.3 Å². The molecule has 1 aromatic heterocycles. The third-order valence-electron chi connectivity index (χ3n) is 2.11. The SMILES string of the molecule is CSc1c(S)cc2ccsc2c1C. The van der Waals surface area contributed by atoms with Gasteiger partial charge in [0, 0.05) is 14.5 Å². The molecule has 3 heteroatoms. The lowest BCUT2D eigenvalue weighted by Gasteiger charge is -2.06. The lowest BCUT2D eigenvalue weighted by molar-refractivity contribution is 1.22. The Morgan fingerprint density at radius 2 is 2.23 bits per heavy atom. The molecule has 0 nitrogen and oxygen atoms in total. The Bertz CT molecular complexity index is 443. The maximum absolute atomic E-state index is 4.48. The van der Waals surface area contributed by atoms with Gasteiger partial charge in [-0.3, -0.25) is 0 Å². The monoisotopic (exact) mass is 226 g/mol. The molecule has 0 atom stereocenters. The molecule has 2 rings (SSSR count). The maximum Gasteiger partial charge on any atom is 0.0383 e. The maximum atomic E-state index is 4.48.